The van der Waals surface area contributed by atoms with Crippen LogP contribution in [0.1, 0.15) is 5.76 Å². The van der Waals surface area contributed by atoms with E-state index in [9.17, 15) is 4.79 Å². The van der Waals surface area contributed by atoms with Crippen LogP contribution in [-0.2, 0) is 4.79 Å². The summed E-state index contributed by atoms with van der Waals surface area (Å²) in [5, 5.41) is 7.41. The summed E-state index contributed by atoms with van der Waals surface area (Å²) in [5.41, 5.74) is 2.96. The number of nitrogens with one attached hydrogen (secondary N) is 2. The number of benzene rings is 3. The van der Waals surface area contributed by atoms with Gasteiger partial charge in [0.25, 0.3) is 0 Å². The molecule has 6 nitrogen and oxygen atoms in total. The third kappa shape index (κ3) is 5.88. The number of anilines is 1. The van der Waals surface area contributed by atoms with Gasteiger partial charge in [0, 0.05) is 22.3 Å². The van der Waals surface area contributed by atoms with E-state index < -0.39 is 5.91 Å². The van der Waals surface area contributed by atoms with E-state index in [0.717, 1.165) is 0 Å². The monoisotopic (exact) mass is 601 g/mol. The third-order valence-electron chi connectivity index (χ3n) is 5.28. The minimum absolute atomic E-state index is 0.0862. The molecule has 190 valence electrons. The van der Waals surface area contributed by atoms with Crippen LogP contribution >= 0.6 is 58.6 Å². The second-order valence-corrected chi connectivity index (χ2v) is 9.94. The van der Waals surface area contributed by atoms with Gasteiger partial charge >= 0.3 is 0 Å². The van der Waals surface area contributed by atoms with Crippen LogP contribution in [0.3, 0.4) is 0 Å². The molecule has 0 radical (unpaired) electrons. The van der Waals surface area contributed by atoms with Crippen molar-refractivity contribution in [1.29, 1.82) is 0 Å². The number of thiocarbonyl (C=S) groups is 1. The molecule has 38 heavy (non-hydrogen) atoms. The van der Waals surface area contributed by atoms with Gasteiger partial charge in [0.15, 0.2) is 10.7 Å². The maximum absolute atomic E-state index is 12.4. The minimum atomic E-state index is -0.453. The Morgan fingerprint density at radius 2 is 1.74 bits per heavy atom. The highest BCUT2D eigenvalue weighted by Crippen LogP contribution is 2.35. The zero-order valence-corrected chi connectivity index (χ0v) is 22.9. The molecule has 2 aromatic heterocycles. The number of carbonyl (C=O) groups excluding carboxylic acids is 1. The van der Waals surface area contributed by atoms with Crippen molar-refractivity contribution in [1.82, 2.24) is 10.3 Å². The fraction of sp³-hybridized carbons (Fsp3) is 0. The third-order valence-corrected chi connectivity index (χ3v) is 6.87. The summed E-state index contributed by atoms with van der Waals surface area (Å²) in [5.74, 6) is 0.847. The molecule has 0 saturated heterocycles. The molecule has 11 heteroatoms. The number of rotatable bonds is 5. The number of amides is 1. The van der Waals surface area contributed by atoms with Gasteiger partial charge in [-0.25, -0.2) is 4.98 Å². The molecule has 0 aliphatic heterocycles. The zero-order valence-electron chi connectivity index (χ0n) is 19.1. The van der Waals surface area contributed by atoms with E-state index in [4.69, 9.17) is 67.5 Å². The lowest BCUT2D eigenvalue weighted by Gasteiger charge is -2.09. The number of oxazole rings is 1. The van der Waals surface area contributed by atoms with Crippen LogP contribution in [0, 0.1) is 0 Å². The standard InChI is InChI=1S/C27H15Cl4N3O3S/c28-14-4-9-23-21(12-14)33-26(37-23)18-13-15(5-8-19(18)29)32-27(38)34-24(35)11-7-16-6-10-22(36-16)17-2-1-3-20(30)25(17)31/h1-13H,(H2,32,34,35,38). The van der Waals surface area contributed by atoms with E-state index in [1.54, 1.807) is 66.7 Å². The van der Waals surface area contributed by atoms with Crippen LogP contribution in [0.2, 0.25) is 20.1 Å². The summed E-state index contributed by atoms with van der Waals surface area (Å²) in [6.45, 7) is 0. The minimum Gasteiger partial charge on any atom is -0.457 e. The van der Waals surface area contributed by atoms with Crippen molar-refractivity contribution in [2.24, 2.45) is 0 Å². The molecule has 2 N–H and O–H groups in total. The van der Waals surface area contributed by atoms with Crippen LogP contribution in [0.5, 0.6) is 0 Å². The number of halogens is 4. The number of hydrogen-bond donors (Lipinski definition) is 2. The lowest BCUT2D eigenvalue weighted by molar-refractivity contribution is -0.115. The maximum Gasteiger partial charge on any atom is 0.250 e. The highest BCUT2D eigenvalue weighted by Gasteiger charge is 2.14. The Morgan fingerprint density at radius 1 is 0.895 bits per heavy atom. The number of carbonyl (C=O) groups is 1. The Kier molecular flexibility index (Phi) is 7.74. The average molecular weight is 603 g/mol. The van der Waals surface area contributed by atoms with Gasteiger partial charge in [-0.2, -0.15) is 0 Å². The first-order valence-corrected chi connectivity index (χ1v) is 12.9. The number of furan rings is 1. The first-order chi connectivity index (χ1) is 18.3. The van der Waals surface area contributed by atoms with Crippen LogP contribution in [0.25, 0.3) is 40.0 Å². The maximum atomic E-state index is 12.4. The lowest BCUT2D eigenvalue weighted by Crippen LogP contribution is -2.32. The molecule has 0 bridgehead atoms. The quantitative estimate of drug-likeness (QED) is 0.154. The van der Waals surface area contributed by atoms with Gasteiger partial charge in [0.1, 0.15) is 17.0 Å². The number of hydrogen-bond acceptors (Lipinski definition) is 5. The van der Waals surface area contributed by atoms with Gasteiger partial charge in [-0.3, -0.25) is 10.1 Å². The van der Waals surface area contributed by atoms with Crippen molar-refractivity contribution >= 4 is 92.5 Å². The normalized spacial score (nSPS) is 11.3. The van der Waals surface area contributed by atoms with Crippen molar-refractivity contribution in [2.75, 3.05) is 5.32 Å². The van der Waals surface area contributed by atoms with Gasteiger partial charge in [-0.1, -0.05) is 52.5 Å². The molecule has 0 spiro atoms. The summed E-state index contributed by atoms with van der Waals surface area (Å²) >= 11 is 30.0. The number of fused-ring (bicyclic) bond motifs is 1. The van der Waals surface area contributed by atoms with Crippen LogP contribution in [-0.4, -0.2) is 16.0 Å². The lowest BCUT2D eigenvalue weighted by atomic mass is 10.2. The fourth-order valence-electron chi connectivity index (χ4n) is 3.54. The summed E-state index contributed by atoms with van der Waals surface area (Å²) in [6, 6.07) is 19.0. The van der Waals surface area contributed by atoms with Crippen molar-refractivity contribution in [2.45, 2.75) is 0 Å². The van der Waals surface area contributed by atoms with Gasteiger partial charge in [0.05, 0.1) is 20.6 Å². The summed E-state index contributed by atoms with van der Waals surface area (Å²) < 4.78 is 11.6. The molecule has 0 atom stereocenters. The van der Waals surface area contributed by atoms with E-state index in [-0.39, 0.29) is 5.11 Å². The van der Waals surface area contributed by atoms with Crippen LogP contribution < -0.4 is 10.6 Å². The first-order valence-electron chi connectivity index (χ1n) is 11.0. The summed E-state index contributed by atoms with van der Waals surface area (Å²) in [4.78, 5) is 16.9. The van der Waals surface area contributed by atoms with Crippen molar-refractivity contribution < 1.29 is 13.6 Å². The van der Waals surface area contributed by atoms with Crippen LogP contribution in [0.15, 0.2) is 81.6 Å². The average Bonchev–Trinajstić information content (AvgIpc) is 3.52. The second kappa shape index (κ2) is 11.2. The Balaban J connectivity index is 1.24. The summed E-state index contributed by atoms with van der Waals surface area (Å²) in [6.07, 6.45) is 2.81. The largest absolute Gasteiger partial charge is 0.457 e. The predicted molar refractivity (Wildman–Crippen MR) is 157 cm³/mol. The predicted octanol–water partition coefficient (Wildman–Crippen LogP) is 8.89. The Bertz CT molecular complexity index is 1730. The highest BCUT2D eigenvalue weighted by atomic mass is 35.5. The van der Waals surface area contributed by atoms with E-state index in [2.05, 4.69) is 15.6 Å². The van der Waals surface area contributed by atoms with E-state index in [0.29, 0.717) is 65.4 Å². The second-order valence-electron chi connectivity index (χ2n) is 7.91. The van der Waals surface area contributed by atoms with Crippen molar-refractivity contribution in [3.63, 3.8) is 0 Å². The number of aromatic nitrogens is 1. The van der Waals surface area contributed by atoms with E-state index >= 15 is 0 Å². The molecule has 0 unspecified atom stereocenters. The summed E-state index contributed by atoms with van der Waals surface area (Å²) in [7, 11) is 0. The smallest absolute Gasteiger partial charge is 0.250 e. The van der Waals surface area contributed by atoms with E-state index in [1.807, 2.05) is 0 Å². The highest BCUT2D eigenvalue weighted by molar-refractivity contribution is 7.80. The van der Waals surface area contributed by atoms with E-state index in [1.165, 1.54) is 12.2 Å². The molecule has 3 aromatic carbocycles. The molecular weight excluding hydrogens is 588 g/mol. The molecule has 5 rings (SSSR count). The SMILES string of the molecule is O=C(C=Cc1ccc(-c2cccc(Cl)c2Cl)o1)NC(=S)Nc1ccc(Cl)c(-c2nc3cc(Cl)ccc3o2)c1. The molecule has 0 saturated carbocycles. The van der Waals surface area contributed by atoms with Crippen LogP contribution in [0.4, 0.5) is 5.69 Å². The van der Waals surface area contributed by atoms with Gasteiger partial charge < -0.3 is 14.2 Å². The first kappa shape index (κ1) is 26.3. The van der Waals surface area contributed by atoms with Crippen molar-refractivity contribution in [3.05, 3.63) is 98.7 Å². The van der Waals surface area contributed by atoms with Crippen molar-refractivity contribution in [3.8, 4) is 22.8 Å². The number of nitrogens with zero attached hydrogens (tertiary/aromatic N) is 1. The molecule has 0 aliphatic carbocycles. The fourth-order valence-corrected chi connectivity index (χ4v) is 4.51. The van der Waals surface area contributed by atoms with Gasteiger partial charge in [-0.15, -0.1) is 0 Å². The zero-order chi connectivity index (χ0) is 26.8. The Morgan fingerprint density at radius 3 is 2.58 bits per heavy atom. The molecule has 1 amide bonds. The molecule has 5 aromatic rings. The Hall–Kier alpha value is -3.33. The molecule has 0 aliphatic rings. The topological polar surface area (TPSA) is 80.3 Å². The Labute approximate surface area is 242 Å². The molecule has 0 fully saturated rings. The van der Waals surface area contributed by atoms with Gasteiger partial charge in [0.2, 0.25) is 11.8 Å². The molecular formula is C27H15Cl4N3O3S. The van der Waals surface area contributed by atoms with Gasteiger partial charge in [-0.05, 0) is 79.0 Å². The molecule has 2 heterocycles.